The van der Waals surface area contributed by atoms with E-state index < -0.39 is 10.2 Å². The molecule has 7 nitrogen and oxygen atoms in total. The van der Waals surface area contributed by atoms with Gasteiger partial charge in [0.05, 0.1) is 13.7 Å². The van der Waals surface area contributed by atoms with E-state index in [0.717, 1.165) is 11.1 Å². The first-order valence-electron chi connectivity index (χ1n) is 9.13. The van der Waals surface area contributed by atoms with Crippen LogP contribution < -0.4 is 10.1 Å². The van der Waals surface area contributed by atoms with Gasteiger partial charge in [-0.05, 0) is 43.2 Å². The molecule has 3 rings (SSSR count). The van der Waals surface area contributed by atoms with Crippen LogP contribution in [0.15, 0.2) is 48.5 Å². The molecule has 150 valence electrons. The molecule has 0 aromatic heterocycles. The SMILES string of the molecule is COc1ccc(NC(=O)CN2CCCN(Cc3ccc(C)cc3)S2(=O)=O)cc1. The highest BCUT2D eigenvalue weighted by Gasteiger charge is 2.34. The third-order valence-electron chi connectivity index (χ3n) is 4.64. The molecule has 0 radical (unpaired) electrons. The molecule has 1 aliphatic rings. The standard InChI is InChI=1S/C20H25N3O4S/c1-16-4-6-17(7-5-16)14-22-12-3-13-23(28(22,25)26)15-20(24)21-18-8-10-19(27-2)11-9-18/h4-11H,3,12-15H2,1-2H3,(H,21,24). The van der Waals surface area contributed by atoms with Crippen LogP contribution >= 0.6 is 0 Å². The van der Waals surface area contributed by atoms with Crippen molar-refractivity contribution in [2.45, 2.75) is 19.9 Å². The van der Waals surface area contributed by atoms with Crippen LogP contribution in [0.3, 0.4) is 0 Å². The average molecular weight is 404 g/mol. The topological polar surface area (TPSA) is 79.0 Å². The number of anilines is 1. The van der Waals surface area contributed by atoms with Crippen LogP contribution in [-0.2, 0) is 21.5 Å². The van der Waals surface area contributed by atoms with Crippen LogP contribution in [0.1, 0.15) is 17.5 Å². The van der Waals surface area contributed by atoms with Crippen LogP contribution in [0.25, 0.3) is 0 Å². The fraction of sp³-hybridized carbons (Fsp3) is 0.350. The first-order chi connectivity index (χ1) is 13.4. The fourth-order valence-corrected chi connectivity index (χ4v) is 4.71. The Balaban J connectivity index is 1.64. The summed E-state index contributed by atoms with van der Waals surface area (Å²) in [5.41, 5.74) is 2.65. The zero-order valence-corrected chi connectivity index (χ0v) is 16.9. The van der Waals surface area contributed by atoms with Crippen LogP contribution in [0.4, 0.5) is 5.69 Å². The Morgan fingerprint density at radius 3 is 2.32 bits per heavy atom. The van der Waals surface area contributed by atoms with E-state index in [1.165, 1.54) is 8.61 Å². The number of methoxy groups -OCH3 is 1. The van der Waals surface area contributed by atoms with Crippen LogP contribution in [0, 0.1) is 6.92 Å². The summed E-state index contributed by atoms with van der Waals surface area (Å²) in [5.74, 6) is 0.314. The van der Waals surface area contributed by atoms with Crippen molar-refractivity contribution < 1.29 is 17.9 Å². The van der Waals surface area contributed by atoms with E-state index in [-0.39, 0.29) is 12.5 Å². The zero-order valence-electron chi connectivity index (χ0n) is 16.1. The number of ether oxygens (including phenoxy) is 1. The maximum Gasteiger partial charge on any atom is 0.282 e. The second kappa shape index (κ2) is 8.72. The van der Waals surface area contributed by atoms with E-state index >= 15 is 0 Å². The van der Waals surface area contributed by atoms with Crippen molar-refractivity contribution >= 4 is 21.8 Å². The number of amides is 1. The number of aryl methyl sites for hydroxylation is 1. The molecular weight excluding hydrogens is 378 g/mol. The predicted octanol–water partition coefficient (Wildman–Crippen LogP) is 2.39. The van der Waals surface area contributed by atoms with Crippen molar-refractivity contribution in [2.75, 3.05) is 32.1 Å². The maximum absolute atomic E-state index is 12.9. The first kappa shape index (κ1) is 20.3. The Bertz CT molecular complexity index is 911. The Labute approximate surface area is 166 Å². The van der Waals surface area contributed by atoms with E-state index in [1.807, 2.05) is 31.2 Å². The van der Waals surface area contributed by atoms with E-state index in [2.05, 4.69) is 5.32 Å². The molecule has 0 bridgehead atoms. The highest BCUT2D eigenvalue weighted by Crippen LogP contribution is 2.20. The maximum atomic E-state index is 12.9. The van der Waals surface area contributed by atoms with Crippen molar-refractivity contribution in [3.63, 3.8) is 0 Å². The number of rotatable bonds is 6. The molecule has 1 amide bonds. The summed E-state index contributed by atoms with van der Waals surface area (Å²) >= 11 is 0. The number of benzene rings is 2. The summed E-state index contributed by atoms with van der Waals surface area (Å²) in [7, 11) is -2.12. The van der Waals surface area contributed by atoms with Gasteiger partial charge in [-0.25, -0.2) is 0 Å². The lowest BCUT2D eigenvalue weighted by Crippen LogP contribution is -2.51. The second-order valence-corrected chi connectivity index (χ2v) is 8.72. The van der Waals surface area contributed by atoms with Crippen molar-refractivity contribution in [3.8, 4) is 5.75 Å². The summed E-state index contributed by atoms with van der Waals surface area (Å²) in [6, 6.07) is 14.7. The molecule has 8 heteroatoms. The van der Waals surface area contributed by atoms with E-state index in [4.69, 9.17) is 4.74 Å². The summed E-state index contributed by atoms with van der Waals surface area (Å²) in [5, 5.41) is 2.73. The van der Waals surface area contributed by atoms with Gasteiger partial charge >= 0.3 is 0 Å². The molecule has 2 aromatic rings. The molecule has 0 atom stereocenters. The minimum atomic E-state index is -3.68. The Morgan fingerprint density at radius 2 is 1.68 bits per heavy atom. The third kappa shape index (κ3) is 4.89. The van der Waals surface area contributed by atoms with Crippen molar-refractivity contribution in [1.82, 2.24) is 8.61 Å². The number of hydrogen-bond donors (Lipinski definition) is 1. The minimum Gasteiger partial charge on any atom is -0.497 e. The van der Waals surface area contributed by atoms with Gasteiger partial charge in [0.1, 0.15) is 5.75 Å². The Kier molecular flexibility index (Phi) is 6.33. The highest BCUT2D eigenvalue weighted by molar-refractivity contribution is 7.86. The highest BCUT2D eigenvalue weighted by atomic mass is 32.2. The van der Waals surface area contributed by atoms with Gasteiger partial charge in [-0.2, -0.15) is 17.0 Å². The van der Waals surface area contributed by atoms with Gasteiger partial charge in [-0.1, -0.05) is 29.8 Å². The molecule has 0 saturated carbocycles. The number of carbonyl (C=O) groups is 1. The lowest BCUT2D eigenvalue weighted by atomic mass is 10.1. The Hall–Kier alpha value is -2.42. The Morgan fingerprint density at radius 1 is 1.04 bits per heavy atom. The smallest absolute Gasteiger partial charge is 0.282 e. The van der Waals surface area contributed by atoms with Crippen molar-refractivity contribution in [3.05, 3.63) is 59.7 Å². The lowest BCUT2D eigenvalue weighted by molar-refractivity contribution is -0.116. The van der Waals surface area contributed by atoms with Crippen LogP contribution in [0.5, 0.6) is 5.75 Å². The van der Waals surface area contributed by atoms with E-state index in [0.29, 0.717) is 37.5 Å². The summed E-state index contributed by atoms with van der Waals surface area (Å²) in [6.45, 7) is 2.87. The van der Waals surface area contributed by atoms with Gasteiger partial charge in [-0.3, -0.25) is 4.79 Å². The monoisotopic (exact) mass is 403 g/mol. The molecule has 1 N–H and O–H groups in total. The largest absolute Gasteiger partial charge is 0.497 e. The molecule has 1 fully saturated rings. The minimum absolute atomic E-state index is 0.210. The van der Waals surface area contributed by atoms with Gasteiger partial charge in [0.15, 0.2) is 0 Å². The number of nitrogens with zero attached hydrogens (tertiary/aromatic N) is 2. The average Bonchev–Trinajstić information content (AvgIpc) is 2.67. The molecule has 28 heavy (non-hydrogen) atoms. The molecular formula is C20H25N3O4S. The van der Waals surface area contributed by atoms with Gasteiger partial charge in [0.2, 0.25) is 5.91 Å². The van der Waals surface area contributed by atoms with Crippen LogP contribution in [0.2, 0.25) is 0 Å². The van der Waals surface area contributed by atoms with E-state index in [9.17, 15) is 13.2 Å². The lowest BCUT2D eigenvalue weighted by Gasteiger charge is -2.34. The summed E-state index contributed by atoms with van der Waals surface area (Å²) < 4.78 is 33.6. The molecule has 1 saturated heterocycles. The quantitative estimate of drug-likeness (QED) is 0.803. The number of carbonyl (C=O) groups excluding carboxylic acids is 1. The third-order valence-corrected chi connectivity index (χ3v) is 6.57. The molecule has 0 unspecified atom stereocenters. The number of hydrogen-bond acceptors (Lipinski definition) is 4. The molecule has 2 aromatic carbocycles. The van der Waals surface area contributed by atoms with Crippen molar-refractivity contribution in [2.24, 2.45) is 0 Å². The fourth-order valence-electron chi connectivity index (χ4n) is 3.07. The predicted molar refractivity (Wildman–Crippen MR) is 108 cm³/mol. The van der Waals surface area contributed by atoms with Gasteiger partial charge < -0.3 is 10.1 Å². The van der Waals surface area contributed by atoms with Crippen LogP contribution in [-0.4, -0.2) is 49.7 Å². The van der Waals surface area contributed by atoms with Gasteiger partial charge in [0, 0.05) is 25.3 Å². The van der Waals surface area contributed by atoms with Gasteiger partial charge in [-0.15, -0.1) is 0 Å². The first-order valence-corrected chi connectivity index (χ1v) is 10.5. The molecule has 0 aliphatic carbocycles. The molecule has 1 heterocycles. The summed E-state index contributed by atoms with van der Waals surface area (Å²) in [6.07, 6.45) is 0.681. The van der Waals surface area contributed by atoms with E-state index in [1.54, 1.807) is 31.4 Å². The molecule has 0 spiro atoms. The van der Waals surface area contributed by atoms with Crippen molar-refractivity contribution in [1.29, 1.82) is 0 Å². The summed E-state index contributed by atoms with van der Waals surface area (Å²) in [4.78, 5) is 12.4. The zero-order chi connectivity index (χ0) is 20.1. The number of nitrogens with one attached hydrogen (secondary N) is 1. The van der Waals surface area contributed by atoms with Gasteiger partial charge in [0.25, 0.3) is 10.2 Å². The second-order valence-electron chi connectivity index (χ2n) is 6.79. The normalized spacial score (nSPS) is 17.2. The molecule has 1 aliphatic heterocycles.